The highest BCUT2D eigenvalue weighted by Gasteiger charge is 2.78. The van der Waals surface area contributed by atoms with Gasteiger partial charge >= 0.3 is 5.97 Å². The van der Waals surface area contributed by atoms with Crippen LogP contribution >= 0.6 is 11.6 Å². The molecule has 5 atom stereocenters. The number of carboxylic acids is 1. The second-order valence-corrected chi connectivity index (χ2v) is 10.0. The molecule has 3 aliphatic heterocycles. The summed E-state index contributed by atoms with van der Waals surface area (Å²) in [4.78, 5) is 43.2. The number of nitrogens with zero attached hydrogens (tertiary/aromatic N) is 2. The van der Waals surface area contributed by atoms with Gasteiger partial charge in [-0.05, 0) is 63.3 Å². The van der Waals surface area contributed by atoms with Gasteiger partial charge in [0.15, 0.2) is 0 Å². The third-order valence-electron chi connectivity index (χ3n) is 7.55. The Morgan fingerprint density at radius 3 is 2.59 bits per heavy atom. The predicted octanol–water partition coefficient (Wildman–Crippen LogP) is 2.87. The third-order valence-corrected chi connectivity index (χ3v) is 7.80. The molecule has 3 saturated heterocycles. The van der Waals surface area contributed by atoms with Crippen molar-refractivity contribution in [2.45, 2.75) is 56.3 Å². The summed E-state index contributed by atoms with van der Waals surface area (Å²) in [5, 5.41) is 19.7. The van der Waals surface area contributed by atoms with Crippen LogP contribution in [0, 0.1) is 11.8 Å². The number of carbonyl (C=O) groups excluding carboxylic acids is 2. The summed E-state index contributed by atoms with van der Waals surface area (Å²) < 4.78 is 6.41. The molecule has 8 nitrogen and oxygen atoms in total. The molecule has 34 heavy (non-hydrogen) atoms. The Morgan fingerprint density at radius 2 is 1.97 bits per heavy atom. The molecule has 4 rings (SSSR count). The number of carbonyl (C=O) groups is 3. The lowest BCUT2D eigenvalue weighted by atomic mass is 9.66. The Morgan fingerprint density at radius 1 is 1.26 bits per heavy atom. The summed E-state index contributed by atoms with van der Waals surface area (Å²) in [5.41, 5.74) is -1.57. The average molecular weight is 491 g/mol. The van der Waals surface area contributed by atoms with Crippen LogP contribution in [0.5, 0.6) is 0 Å². The molecule has 2 bridgehead atoms. The number of anilines is 1. The summed E-state index contributed by atoms with van der Waals surface area (Å²) in [6, 6.07) is 5.89. The molecule has 184 valence electrons. The van der Waals surface area contributed by atoms with Gasteiger partial charge in [0.05, 0.1) is 17.4 Å². The average Bonchev–Trinajstić information content (AvgIpc) is 3.36. The van der Waals surface area contributed by atoms with Crippen LogP contribution in [0.1, 0.15) is 39.0 Å². The minimum absolute atomic E-state index is 0.0507. The number of fused-ring (bicyclic) bond motifs is 1. The maximum Gasteiger partial charge on any atom is 0.310 e. The van der Waals surface area contributed by atoms with Crippen LogP contribution in [-0.2, 0) is 19.1 Å². The van der Waals surface area contributed by atoms with E-state index in [0.717, 1.165) is 0 Å². The summed E-state index contributed by atoms with van der Waals surface area (Å²) in [6.45, 7) is 6.08. The van der Waals surface area contributed by atoms with Gasteiger partial charge in [0.1, 0.15) is 11.6 Å². The van der Waals surface area contributed by atoms with E-state index in [-0.39, 0.29) is 25.0 Å². The SMILES string of the molecule is C=CCN(C(=O)C1N(CCCCCO)C(=O)[C@@H]2[C@H](C(=O)O)[C@]3(C)CCC12O3)c1ccc(Cl)cc1. The minimum atomic E-state index is -1.19. The number of halogens is 1. The molecule has 0 radical (unpaired) electrons. The molecular formula is C25H31ClN2O6. The van der Waals surface area contributed by atoms with E-state index < -0.39 is 35.0 Å². The number of aliphatic hydroxyl groups excluding tert-OH is 1. The van der Waals surface area contributed by atoms with Crippen LogP contribution in [0.3, 0.4) is 0 Å². The Kier molecular flexibility index (Phi) is 6.77. The van der Waals surface area contributed by atoms with Crippen LogP contribution in [0.4, 0.5) is 5.69 Å². The smallest absolute Gasteiger partial charge is 0.310 e. The van der Waals surface area contributed by atoms with Crippen molar-refractivity contribution in [3.05, 3.63) is 41.9 Å². The van der Waals surface area contributed by atoms with E-state index in [1.807, 2.05) is 0 Å². The van der Waals surface area contributed by atoms with Crippen LogP contribution in [-0.4, -0.2) is 69.8 Å². The van der Waals surface area contributed by atoms with Gasteiger partial charge in [0.25, 0.3) is 5.91 Å². The van der Waals surface area contributed by atoms with Crippen LogP contribution in [0.25, 0.3) is 0 Å². The van der Waals surface area contributed by atoms with E-state index in [1.54, 1.807) is 42.2 Å². The number of aliphatic hydroxyl groups is 1. The minimum Gasteiger partial charge on any atom is -0.481 e. The number of benzene rings is 1. The number of ether oxygens (including phenoxy) is 1. The molecule has 0 aliphatic carbocycles. The van der Waals surface area contributed by atoms with Crippen LogP contribution in [0.15, 0.2) is 36.9 Å². The first-order valence-electron chi connectivity index (χ1n) is 11.7. The van der Waals surface area contributed by atoms with Gasteiger partial charge in [-0.15, -0.1) is 6.58 Å². The highest BCUT2D eigenvalue weighted by molar-refractivity contribution is 6.30. The van der Waals surface area contributed by atoms with Crippen LogP contribution in [0.2, 0.25) is 5.02 Å². The van der Waals surface area contributed by atoms with Crippen molar-refractivity contribution in [3.63, 3.8) is 0 Å². The number of hydrogen-bond donors (Lipinski definition) is 2. The van der Waals surface area contributed by atoms with Gasteiger partial charge < -0.3 is 24.7 Å². The Hall–Kier alpha value is -2.42. The van der Waals surface area contributed by atoms with E-state index in [1.165, 1.54) is 4.90 Å². The summed E-state index contributed by atoms with van der Waals surface area (Å²) in [6.07, 6.45) is 4.39. The first-order chi connectivity index (χ1) is 16.2. The topological polar surface area (TPSA) is 107 Å². The van der Waals surface area contributed by atoms with E-state index in [9.17, 15) is 19.5 Å². The zero-order valence-electron chi connectivity index (χ0n) is 19.3. The number of carboxylic acid groups (broad SMARTS) is 1. The number of aliphatic carboxylic acids is 1. The highest BCUT2D eigenvalue weighted by atomic mass is 35.5. The molecule has 9 heteroatoms. The standard InChI is InChI=1S/C25H31ClN2O6/c1-3-13-27(17-9-7-16(26)8-10-17)22(31)20-25-12-11-24(2,34-25)19(23(32)33)18(25)21(30)28(20)14-5-4-6-15-29/h3,7-10,18-20,29H,1,4-6,11-15H2,2H3,(H,32,33)/t18-,19+,20?,24-,25?/m0/s1. The monoisotopic (exact) mass is 490 g/mol. The fraction of sp³-hybridized carbons (Fsp3) is 0.560. The fourth-order valence-electron chi connectivity index (χ4n) is 6.11. The largest absolute Gasteiger partial charge is 0.481 e. The van der Waals surface area contributed by atoms with Crippen molar-refractivity contribution in [2.24, 2.45) is 11.8 Å². The summed E-state index contributed by atoms with van der Waals surface area (Å²) in [7, 11) is 0. The molecule has 0 aromatic heterocycles. The third kappa shape index (κ3) is 3.82. The number of hydrogen-bond acceptors (Lipinski definition) is 5. The molecule has 3 fully saturated rings. The van der Waals surface area contributed by atoms with Crippen molar-refractivity contribution in [2.75, 3.05) is 24.6 Å². The lowest BCUT2D eigenvalue weighted by Crippen LogP contribution is -2.56. The van der Waals surface area contributed by atoms with Gasteiger partial charge in [-0.3, -0.25) is 14.4 Å². The number of rotatable bonds is 10. The van der Waals surface area contributed by atoms with Gasteiger partial charge in [0, 0.05) is 30.4 Å². The molecule has 2 N–H and O–H groups in total. The molecule has 2 amide bonds. The van der Waals surface area contributed by atoms with Crippen molar-refractivity contribution >= 4 is 35.1 Å². The van der Waals surface area contributed by atoms with Crippen molar-refractivity contribution < 1.29 is 29.3 Å². The van der Waals surface area contributed by atoms with Gasteiger partial charge in [0.2, 0.25) is 5.91 Å². The van der Waals surface area contributed by atoms with E-state index in [2.05, 4.69) is 6.58 Å². The molecule has 0 saturated carbocycles. The number of likely N-dealkylation sites (tertiary alicyclic amines) is 1. The molecule has 1 aromatic carbocycles. The predicted molar refractivity (Wildman–Crippen MR) is 127 cm³/mol. The maximum atomic E-state index is 14.2. The lowest BCUT2D eigenvalue weighted by Gasteiger charge is -2.36. The normalized spacial score (nSPS) is 31.6. The van der Waals surface area contributed by atoms with Crippen LogP contribution < -0.4 is 4.90 Å². The van der Waals surface area contributed by atoms with E-state index >= 15 is 0 Å². The lowest BCUT2D eigenvalue weighted by molar-refractivity contribution is -0.154. The second kappa shape index (κ2) is 9.32. The maximum absolute atomic E-state index is 14.2. The fourth-order valence-corrected chi connectivity index (χ4v) is 6.24. The second-order valence-electron chi connectivity index (χ2n) is 9.60. The Balaban J connectivity index is 1.75. The number of amides is 2. The van der Waals surface area contributed by atoms with Crippen molar-refractivity contribution in [1.82, 2.24) is 4.90 Å². The highest BCUT2D eigenvalue weighted by Crippen LogP contribution is 2.63. The Labute approximate surface area is 204 Å². The summed E-state index contributed by atoms with van der Waals surface area (Å²) >= 11 is 6.04. The van der Waals surface area contributed by atoms with Gasteiger partial charge in [-0.2, -0.15) is 0 Å². The van der Waals surface area contributed by atoms with Gasteiger partial charge in [-0.25, -0.2) is 0 Å². The molecular weight excluding hydrogens is 460 g/mol. The molecule has 1 spiro atoms. The van der Waals surface area contributed by atoms with Crippen molar-refractivity contribution in [1.29, 1.82) is 0 Å². The van der Waals surface area contributed by atoms with Crippen molar-refractivity contribution in [3.8, 4) is 0 Å². The zero-order chi connectivity index (χ0) is 24.7. The Bertz CT molecular complexity index is 984. The first-order valence-corrected chi connectivity index (χ1v) is 12.1. The summed E-state index contributed by atoms with van der Waals surface area (Å²) in [5.74, 6) is -3.65. The molecule has 1 aromatic rings. The zero-order valence-corrected chi connectivity index (χ0v) is 20.0. The van der Waals surface area contributed by atoms with E-state index in [4.69, 9.17) is 21.4 Å². The molecule has 3 aliphatic rings. The molecule has 3 heterocycles. The van der Waals surface area contributed by atoms with E-state index in [0.29, 0.717) is 49.4 Å². The quantitative estimate of drug-likeness (QED) is 0.386. The first kappa shape index (κ1) is 24.7. The molecule has 2 unspecified atom stereocenters. The number of unbranched alkanes of at least 4 members (excludes halogenated alkanes) is 2. The van der Waals surface area contributed by atoms with Gasteiger partial charge in [-0.1, -0.05) is 17.7 Å².